The Morgan fingerprint density at radius 2 is 0.953 bits per heavy atom. The SMILES string of the molecule is CC(C)C[C@H](NC(=O)[C@H](CS)NC(=O)[C@@H](N)CCCN=C(N)N)C(=O)N[C@@H](CS)C(=O)NCC(=O)N[C@@H](CCCN=C(N)N)C(=O)NCC(=O)N[C@H](C(=O)N[C@@H](CS)C(=O)O)C(C)C. The van der Waals surface area contributed by atoms with Crippen molar-refractivity contribution in [2.24, 2.45) is 50.5 Å². The van der Waals surface area contributed by atoms with Gasteiger partial charge < -0.3 is 76.3 Å². The van der Waals surface area contributed by atoms with E-state index in [-0.39, 0.29) is 73.9 Å². The molecule has 364 valence electrons. The minimum Gasteiger partial charge on any atom is -0.480 e. The number of carbonyl (C=O) groups is 9. The standard InChI is InChI=1S/C36H67N15O10S3/c1-17(2)11-21(47-32(58)23(15-63)48-28(54)19(37)7-5-9-42-35(38)39)31(57)49-22(14-62)30(56)45-12-25(52)46-20(8-6-10-43-36(40)41)29(55)44-13-26(53)51-27(18(3)4)33(59)50-24(16-64)34(60)61/h17-24,27,62-64H,5-16,37H2,1-4H3,(H,44,55)(H,45,56)(H,46,52)(H,47,58)(H,48,54)(H,49,57)(H,50,59)(H,51,53)(H,60,61)(H4,38,39,42)(H4,40,41,43)/t19-,20-,21-,22-,23-,24-,27-/m0/s1. The summed E-state index contributed by atoms with van der Waals surface area (Å²) < 4.78 is 0. The number of carbonyl (C=O) groups excluding carboxylic acids is 8. The fourth-order valence-corrected chi connectivity index (χ4v) is 6.13. The van der Waals surface area contributed by atoms with Gasteiger partial charge in [0.1, 0.15) is 36.3 Å². The second-order valence-electron chi connectivity index (χ2n) is 15.1. The van der Waals surface area contributed by atoms with Crippen molar-refractivity contribution >= 4 is 103 Å². The van der Waals surface area contributed by atoms with E-state index in [0.29, 0.717) is 6.42 Å². The fourth-order valence-electron chi connectivity index (χ4n) is 5.37. The normalized spacial score (nSPS) is 14.2. The van der Waals surface area contributed by atoms with Crippen LogP contribution < -0.4 is 71.2 Å². The number of carboxylic acid groups (broad SMARTS) is 1. The number of nitrogens with one attached hydrogen (secondary N) is 8. The number of hydrogen-bond donors (Lipinski definition) is 17. The van der Waals surface area contributed by atoms with Crippen LogP contribution in [0.25, 0.3) is 0 Å². The second-order valence-corrected chi connectivity index (χ2v) is 16.2. The van der Waals surface area contributed by atoms with Crippen LogP contribution >= 0.6 is 37.9 Å². The lowest BCUT2D eigenvalue weighted by Crippen LogP contribution is -2.59. The highest BCUT2D eigenvalue weighted by Crippen LogP contribution is 2.08. The van der Waals surface area contributed by atoms with Gasteiger partial charge in [-0.05, 0) is 43.9 Å². The molecule has 64 heavy (non-hydrogen) atoms. The van der Waals surface area contributed by atoms with E-state index in [1.165, 1.54) is 0 Å². The molecule has 0 fully saturated rings. The van der Waals surface area contributed by atoms with Gasteiger partial charge in [-0.3, -0.25) is 48.3 Å². The number of nitrogens with two attached hydrogens (primary N) is 5. The molecule has 28 heteroatoms. The molecular formula is C36H67N15O10S3. The van der Waals surface area contributed by atoms with E-state index in [1.54, 1.807) is 27.7 Å². The summed E-state index contributed by atoms with van der Waals surface area (Å²) in [5.74, 6) is -8.99. The molecular weight excluding hydrogens is 899 g/mol. The summed E-state index contributed by atoms with van der Waals surface area (Å²) in [6.45, 7) is 5.84. The molecule has 0 aliphatic rings. The number of nitrogens with zero attached hydrogens (tertiary/aromatic N) is 2. The lowest BCUT2D eigenvalue weighted by Gasteiger charge is -2.26. The summed E-state index contributed by atoms with van der Waals surface area (Å²) in [5.41, 5.74) is 27.3. The van der Waals surface area contributed by atoms with Gasteiger partial charge in [-0.15, -0.1) is 0 Å². The van der Waals surface area contributed by atoms with E-state index >= 15 is 0 Å². The number of aliphatic carboxylic acids is 1. The van der Waals surface area contributed by atoms with Gasteiger partial charge in [0.05, 0.1) is 19.1 Å². The van der Waals surface area contributed by atoms with Crippen LogP contribution in [0.3, 0.4) is 0 Å². The molecule has 0 aliphatic carbocycles. The number of carboxylic acids is 1. The van der Waals surface area contributed by atoms with Crippen molar-refractivity contribution in [3.8, 4) is 0 Å². The summed E-state index contributed by atoms with van der Waals surface area (Å²) in [6, 6.07) is -8.36. The maximum absolute atomic E-state index is 13.4. The Kier molecular flexibility index (Phi) is 29.0. The van der Waals surface area contributed by atoms with Gasteiger partial charge in [-0.25, -0.2) is 4.79 Å². The zero-order chi connectivity index (χ0) is 49.1. The summed E-state index contributed by atoms with van der Waals surface area (Å²) in [4.78, 5) is 123. The minimum absolute atomic E-state index is 0.0230. The molecule has 0 aliphatic heterocycles. The van der Waals surface area contributed by atoms with Crippen LogP contribution in [0.5, 0.6) is 0 Å². The van der Waals surface area contributed by atoms with E-state index in [4.69, 9.17) is 28.7 Å². The number of aliphatic imine (C=N–C) groups is 2. The van der Waals surface area contributed by atoms with E-state index < -0.39 is 115 Å². The van der Waals surface area contributed by atoms with Gasteiger partial charge in [0, 0.05) is 30.3 Å². The fraction of sp³-hybridized carbons (Fsp3) is 0.694. The maximum atomic E-state index is 13.4. The molecule has 0 radical (unpaired) electrons. The Labute approximate surface area is 388 Å². The number of hydrogen-bond acceptors (Lipinski definition) is 15. The number of guanidine groups is 2. The van der Waals surface area contributed by atoms with Crippen LogP contribution in [0.2, 0.25) is 0 Å². The molecule has 0 aromatic rings. The van der Waals surface area contributed by atoms with Gasteiger partial charge in [-0.2, -0.15) is 37.9 Å². The third kappa shape index (κ3) is 24.6. The van der Waals surface area contributed by atoms with Gasteiger partial charge in [-0.1, -0.05) is 27.7 Å². The number of thiol groups is 3. The summed E-state index contributed by atoms with van der Waals surface area (Å²) in [6.07, 6.45) is 0.914. The molecule has 0 saturated carbocycles. The van der Waals surface area contributed by atoms with Crippen LogP contribution in [0.15, 0.2) is 9.98 Å². The highest BCUT2D eigenvalue weighted by atomic mass is 32.1. The Morgan fingerprint density at radius 1 is 0.531 bits per heavy atom. The lowest BCUT2D eigenvalue weighted by atomic mass is 10.0. The molecule has 0 saturated heterocycles. The minimum atomic E-state index is -1.32. The monoisotopic (exact) mass is 965 g/mol. The van der Waals surface area contributed by atoms with Crippen LogP contribution in [0, 0.1) is 11.8 Å². The summed E-state index contributed by atoms with van der Waals surface area (Å²) >= 11 is 12.2. The first-order valence-electron chi connectivity index (χ1n) is 20.2. The highest BCUT2D eigenvalue weighted by molar-refractivity contribution is 7.80. The van der Waals surface area contributed by atoms with Crippen molar-refractivity contribution in [2.75, 3.05) is 43.4 Å². The van der Waals surface area contributed by atoms with Gasteiger partial charge >= 0.3 is 5.97 Å². The molecule has 25 nitrogen and oxygen atoms in total. The van der Waals surface area contributed by atoms with E-state index in [9.17, 15) is 48.3 Å². The first-order valence-corrected chi connectivity index (χ1v) is 22.1. The first kappa shape index (κ1) is 58.8. The van der Waals surface area contributed by atoms with Crippen molar-refractivity contribution in [2.45, 2.75) is 102 Å². The zero-order valence-corrected chi connectivity index (χ0v) is 39.1. The molecule has 0 heterocycles. The van der Waals surface area contributed by atoms with Crippen molar-refractivity contribution in [3.05, 3.63) is 0 Å². The van der Waals surface area contributed by atoms with Gasteiger partial charge in [0.15, 0.2) is 11.9 Å². The zero-order valence-electron chi connectivity index (χ0n) is 36.4. The molecule has 0 aromatic carbocycles. The van der Waals surface area contributed by atoms with Gasteiger partial charge in [0.2, 0.25) is 47.3 Å². The third-order valence-electron chi connectivity index (χ3n) is 8.78. The largest absolute Gasteiger partial charge is 0.480 e. The molecule has 19 N–H and O–H groups in total. The maximum Gasteiger partial charge on any atom is 0.327 e. The Morgan fingerprint density at radius 3 is 1.42 bits per heavy atom. The van der Waals surface area contributed by atoms with Crippen molar-refractivity contribution < 1.29 is 48.3 Å². The molecule has 0 spiro atoms. The molecule has 0 aromatic heterocycles. The molecule has 0 rings (SSSR count). The van der Waals surface area contributed by atoms with Crippen LogP contribution in [-0.4, -0.2) is 156 Å². The molecule has 7 atom stereocenters. The molecule has 0 unspecified atom stereocenters. The Bertz CT molecular complexity index is 1650. The van der Waals surface area contributed by atoms with Crippen molar-refractivity contribution in [1.29, 1.82) is 0 Å². The lowest BCUT2D eigenvalue weighted by molar-refractivity contribution is -0.141. The van der Waals surface area contributed by atoms with Crippen LogP contribution in [-0.2, 0) is 43.2 Å². The van der Waals surface area contributed by atoms with E-state index in [0.717, 1.165) is 0 Å². The van der Waals surface area contributed by atoms with Gasteiger partial charge in [0.25, 0.3) is 0 Å². The first-order chi connectivity index (χ1) is 30.0. The summed E-state index contributed by atoms with van der Waals surface area (Å²) in [7, 11) is 0. The Balaban J connectivity index is 5.65. The van der Waals surface area contributed by atoms with Crippen LogP contribution in [0.1, 0.15) is 59.8 Å². The predicted octanol–water partition coefficient (Wildman–Crippen LogP) is -5.86. The highest BCUT2D eigenvalue weighted by Gasteiger charge is 2.32. The topological polar surface area (TPSA) is 425 Å². The van der Waals surface area contributed by atoms with Crippen molar-refractivity contribution in [1.82, 2.24) is 42.5 Å². The quantitative estimate of drug-likeness (QED) is 0.0133. The average Bonchev–Trinajstić information content (AvgIpc) is 3.22. The number of rotatable bonds is 31. The van der Waals surface area contributed by atoms with Crippen molar-refractivity contribution in [3.63, 3.8) is 0 Å². The Hall–Kier alpha value is -5.22. The molecule has 0 bridgehead atoms. The second kappa shape index (κ2) is 31.6. The smallest absolute Gasteiger partial charge is 0.327 e. The molecule has 8 amide bonds. The summed E-state index contributed by atoms with van der Waals surface area (Å²) in [5, 5.41) is 28.8. The van der Waals surface area contributed by atoms with E-state index in [1.807, 2.05) is 0 Å². The average molecular weight is 966 g/mol. The van der Waals surface area contributed by atoms with Crippen LogP contribution in [0.4, 0.5) is 0 Å². The predicted molar refractivity (Wildman–Crippen MR) is 249 cm³/mol. The number of amides is 8. The third-order valence-corrected chi connectivity index (χ3v) is 9.88. The van der Waals surface area contributed by atoms with E-state index in [2.05, 4.69) is 90.4 Å².